The summed E-state index contributed by atoms with van der Waals surface area (Å²) < 4.78 is 47.7. The van der Waals surface area contributed by atoms with E-state index in [1.807, 2.05) is 0 Å². The van der Waals surface area contributed by atoms with E-state index in [4.69, 9.17) is 10.5 Å². The number of alkyl halides is 3. The molecule has 2 N–H and O–H groups in total. The molecule has 0 aromatic carbocycles. The van der Waals surface area contributed by atoms with Gasteiger partial charge >= 0.3 is 12.1 Å². The number of carbonyl (C=O) groups is 1. The third-order valence-electron chi connectivity index (χ3n) is 3.08. The van der Waals surface area contributed by atoms with Gasteiger partial charge in [0.15, 0.2) is 5.69 Å². The summed E-state index contributed by atoms with van der Waals surface area (Å²) in [5.74, 6) is -1.22. The molecule has 1 saturated heterocycles. The van der Waals surface area contributed by atoms with E-state index in [2.05, 4.69) is 9.84 Å². The molecule has 0 radical (unpaired) electrons. The monoisotopic (exact) mass is 293 g/mol. The smallest absolute Gasteiger partial charge is 0.408 e. The van der Waals surface area contributed by atoms with Crippen LogP contribution in [0.15, 0.2) is 0 Å². The van der Waals surface area contributed by atoms with Crippen LogP contribution in [0.25, 0.3) is 0 Å². The number of esters is 1. The van der Waals surface area contributed by atoms with Crippen LogP contribution in [0.4, 0.5) is 19.0 Å². The Labute approximate surface area is 112 Å². The van der Waals surface area contributed by atoms with Gasteiger partial charge in [-0.15, -0.1) is 0 Å². The highest BCUT2D eigenvalue weighted by Crippen LogP contribution is 2.33. The highest BCUT2D eigenvalue weighted by molar-refractivity contribution is 5.90. The molecular formula is C11H14F3N3O3. The number of carbonyl (C=O) groups excluding carboxylic acids is 1. The first kappa shape index (κ1) is 14.6. The molecule has 1 unspecified atom stereocenters. The Morgan fingerprint density at radius 3 is 2.80 bits per heavy atom. The maximum absolute atomic E-state index is 12.5. The molecule has 1 aliphatic heterocycles. The maximum atomic E-state index is 12.5. The zero-order chi connectivity index (χ0) is 14.9. The van der Waals surface area contributed by atoms with Crippen molar-refractivity contribution in [3.8, 4) is 0 Å². The lowest BCUT2D eigenvalue weighted by Gasteiger charge is -2.10. The van der Waals surface area contributed by atoms with Gasteiger partial charge in [0.2, 0.25) is 0 Å². The number of ether oxygens (including phenoxy) is 2. The number of halogens is 3. The van der Waals surface area contributed by atoms with Crippen molar-refractivity contribution in [2.24, 2.45) is 0 Å². The van der Waals surface area contributed by atoms with Gasteiger partial charge in [0.25, 0.3) is 0 Å². The van der Waals surface area contributed by atoms with Crippen LogP contribution in [0.2, 0.25) is 0 Å². The van der Waals surface area contributed by atoms with Crippen molar-refractivity contribution in [1.82, 2.24) is 9.78 Å². The highest BCUT2D eigenvalue weighted by atomic mass is 19.4. The van der Waals surface area contributed by atoms with Crippen LogP contribution in [0.3, 0.4) is 0 Å². The number of methoxy groups -OCH3 is 1. The van der Waals surface area contributed by atoms with Crippen LogP contribution >= 0.6 is 0 Å². The summed E-state index contributed by atoms with van der Waals surface area (Å²) in [6, 6.07) is 0. The quantitative estimate of drug-likeness (QED) is 0.850. The highest BCUT2D eigenvalue weighted by Gasteiger charge is 2.35. The Balaban J connectivity index is 2.43. The summed E-state index contributed by atoms with van der Waals surface area (Å²) in [5.41, 5.74) is 5.82. The van der Waals surface area contributed by atoms with Crippen molar-refractivity contribution in [2.45, 2.75) is 25.1 Å². The van der Waals surface area contributed by atoms with Gasteiger partial charge in [0, 0.05) is 18.1 Å². The Kier molecular flexibility index (Phi) is 3.89. The van der Waals surface area contributed by atoms with E-state index in [-0.39, 0.29) is 23.0 Å². The summed E-state index contributed by atoms with van der Waals surface area (Å²) in [5, 5.41) is 3.65. The van der Waals surface area contributed by atoms with Gasteiger partial charge in [0.1, 0.15) is 12.4 Å². The number of nitrogen functional groups attached to an aromatic ring is 1. The van der Waals surface area contributed by atoms with Gasteiger partial charge in [-0.3, -0.25) is 0 Å². The normalized spacial score (nSPS) is 19.3. The summed E-state index contributed by atoms with van der Waals surface area (Å²) in [4.78, 5) is 11.6. The van der Waals surface area contributed by atoms with Crippen LogP contribution in [0.1, 0.15) is 28.4 Å². The van der Waals surface area contributed by atoms with Crippen molar-refractivity contribution in [3.63, 3.8) is 0 Å². The predicted molar refractivity (Wildman–Crippen MR) is 62.2 cm³/mol. The average molecular weight is 293 g/mol. The maximum Gasteiger partial charge on any atom is 0.408 e. The van der Waals surface area contributed by atoms with E-state index in [0.29, 0.717) is 24.3 Å². The minimum atomic E-state index is -4.48. The molecule has 112 valence electrons. The van der Waals surface area contributed by atoms with E-state index in [9.17, 15) is 18.0 Å². The number of rotatable bonds is 3. The molecule has 1 aliphatic rings. The van der Waals surface area contributed by atoms with E-state index in [1.165, 1.54) is 0 Å². The fourth-order valence-corrected chi connectivity index (χ4v) is 2.19. The topological polar surface area (TPSA) is 79.4 Å². The van der Waals surface area contributed by atoms with E-state index in [0.717, 1.165) is 7.11 Å². The molecule has 0 spiro atoms. The van der Waals surface area contributed by atoms with Crippen LogP contribution in [0.5, 0.6) is 0 Å². The van der Waals surface area contributed by atoms with Crippen molar-refractivity contribution in [2.75, 3.05) is 26.1 Å². The SMILES string of the molecule is COC(=O)c1nn(CC(F)(F)F)c(N)c1C1CCOC1. The lowest BCUT2D eigenvalue weighted by molar-refractivity contribution is -0.142. The molecule has 0 aliphatic carbocycles. The second-order valence-electron chi connectivity index (χ2n) is 4.47. The van der Waals surface area contributed by atoms with Gasteiger partial charge in [-0.25, -0.2) is 9.48 Å². The molecule has 0 bridgehead atoms. The van der Waals surface area contributed by atoms with Crippen LogP contribution in [0, 0.1) is 0 Å². The Morgan fingerprint density at radius 2 is 2.30 bits per heavy atom. The number of aromatic nitrogens is 2. The average Bonchev–Trinajstić information content (AvgIpc) is 2.96. The molecule has 6 nitrogen and oxygen atoms in total. The lowest BCUT2D eigenvalue weighted by Crippen LogP contribution is -2.20. The van der Waals surface area contributed by atoms with E-state index >= 15 is 0 Å². The van der Waals surface area contributed by atoms with E-state index < -0.39 is 18.7 Å². The van der Waals surface area contributed by atoms with Gasteiger partial charge in [0.05, 0.1) is 13.7 Å². The molecule has 1 aromatic heterocycles. The molecule has 2 rings (SSSR count). The largest absolute Gasteiger partial charge is 0.464 e. The van der Waals surface area contributed by atoms with Gasteiger partial charge < -0.3 is 15.2 Å². The van der Waals surface area contributed by atoms with Gasteiger partial charge in [-0.2, -0.15) is 18.3 Å². The van der Waals surface area contributed by atoms with Crippen molar-refractivity contribution < 1.29 is 27.4 Å². The Morgan fingerprint density at radius 1 is 1.60 bits per heavy atom. The molecule has 2 heterocycles. The number of nitrogens with zero attached hydrogens (tertiary/aromatic N) is 2. The molecule has 0 amide bonds. The van der Waals surface area contributed by atoms with Gasteiger partial charge in [-0.1, -0.05) is 0 Å². The zero-order valence-electron chi connectivity index (χ0n) is 10.7. The minimum Gasteiger partial charge on any atom is -0.464 e. The Hall–Kier alpha value is -1.77. The van der Waals surface area contributed by atoms with Gasteiger partial charge in [-0.05, 0) is 6.42 Å². The summed E-state index contributed by atoms with van der Waals surface area (Å²) >= 11 is 0. The lowest BCUT2D eigenvalue weighted by atomic mass is 9.98. The first-order chi connectivity index (χ1) is 9.33. The second kappa shape index (κ2) is 5.31. The van der Waals surface area contributed by atoms with E-state index in [1.54, 1.807) is 0 Å². The zero-order valence-corrected chi connectivity index (χ0v) is 10.7. The first-order valence-electron chi connectivity index (χ1n) is 5.92. The van der Waals surface area contributed by atoms with Crippen LogP contribution < -0.4 is 5.73 Å². The minimum absolute atomic E-state index is 0.168. The number of nitrogens with two attached hydrogens (primary N) is 1. The van der Waals surface area contributed by atoms with Crippen molar-refractivity contribution in [3.05, 3.63) is 11.3 Å². The second-order valence-corrected chi connectivity index (χ2v) is 4.47. The third-order valence-corrected chi connectivity index (χ3v) is 3.08. The van der Waals surface area contributed by atoms with Crippen LogP contribution in [-0.4, -0.2) is 42.2 Å². The number of anilines is 1. The third kappa shape index (κ3) is 2.87. The summed E-state index contributed by atoms with van der Waals surface area (Å²) in [6.45, 7) is -0.586. The van der Waals surface area contributed by atoms with Crippen LogP contribution in [-0.2, 0) is 16.0 Å². The molecule has 1 fully saturated rings. The number of hydrogen-bond acceptors (Lipinski definition) is 5. The molecule has 20 heavy (non-hydrogen) atoms. The summed E-state index contributed by atoms with van der Waals surface area (Å²) in [7, 11) is 1.14. The molecular weight excluding hydrogens is 279 g/mol. The number of hydrogen-bond donors (Lipinski definition) is 1. The molecule has 1 atom stereocenters. The molecule has 0 saturated carbocycles. The fraction of sp³-hybridized carbons (Fsp3) is 0.636. The first-order valence-corrected chi connectivity index (χ1v) is 5.92. The fourth-order valence-electron chi connectivity index (χ4n) is 2.19. The predicted octanol–water partition coefficient (Wildman–Crippen LogP) is 1.32. The molecule has 9 heteroatoms. The van der Waals surface area contributed by atoms with Crippen molar-refractivity contribution in [1.29, 1.82) is 0 Å². The standard InChI is InChI=1S/C11H14F3N3O3/c1-19-10(18)8-7(6-2-3-20-4-6)9(15)17(16-8)5-11(12,13)14/h6H,2-5,15H2,1H3. The molecule has 1 aromatic rings. The van der Waals surface area contributed by atoms with Crippen molar-refractivity contribution >= 4 is 11.8 Å². The summed E-state index contributed by atoms with van der Waals surface area (Å²) in [6.07, 6.45) is -3.90. The Bertz CT molecular complexity index is 507.